The number of nitrogens with zero attached hydrogens (tertiary/aromatic N) is 1. The first-order valence-corrected chi connectivity index (χ1v) is 9.74. The van der Waals surface area contributed by atoms with Crippen LogP contribution in [0, 0.1) is 0 Å². The van der Waals surface area contributed by atoms with Gasteiger partial charge in [-0.15, -0.1) is 0 Å². The molecule has 0 fully saturated rings. The van der Waals surface area contributed by atoms with Gasteiger partial charge in [0.05, 0.1) is 20.3 Å². The Balaban J connectivity index is 1.31. The number of benzene rings is 2. The molecule has 2 aromatic carbocycles. The molecule has 150 valence electrons. The van der Waals surface area contributed by atoms with Gasteiger partial charge in [0.25, 0.3) is 0 Å². The second-order valence-corrected chi connectivity index (χ2v) is 6.60. The van der Waals surface area contributed by atoms with E-state index in [4.69, 9.17) is 14.2 Å². The maximum absolute atomic E-state index is 5.75. The Labute approximate surface area is 166 Å². The van der Waals surface area contributed by atoms with E-state index in [-0.39, 0.29) is 0 Å². The van der Waals surface area contributed by atoms with Crippen molar-refractivity contribution in [1.82, 2.24) is 10.6 Å². The molecule has 3 rings (SSSR count). The van der Waals surface area contributed by atoms with Gasteiger partial charge >= 0.3 is 0 Å². The molecular weight excluding hydrogens is 354 g/mol. The SMILES string of the molecule is CN=C(NCCCOc1cccc(OC)c1)NCCc1ccc2c(c1)CCO2. The monoisotopic (exact) mass is 383 g/mol. The number of fused-ring (bicyclic) bond motifs is 1. The van der Waals surface area contributed by atoms with Gasteiger partial charge in [0, 0.05) is 32.6 Å². The fourth-order valence-electron chi connectivity index (χ4n) is 3.10. The van der Waals surface area contributed by atoms with Crippen LogP contribution in [-0.4, -0.2) is 46.4 Å². The van der Waals surface area contributed by atoms with Crippen LogP contribution in [-0.2, 0) is 12.8 Å². The average Bonchev–Trinajstić information content (AvgIpc) is 3.20. The van der Waals surface area contributed by atoms with Gasteiger partial charge in [-0.25, -0.2) is 0 Å². The molecule has 2 N–H and O–H groups in total. The normalized spacial score (nSPS) is 12.9. The molecule has 0 bridgehead atoms. The topological polar surface area (TPSA) is 64.1 Å². The molecule has 0 unspecified atom stereocenters. The minimum absolute atomic E-state index is 0.633. The van der Waals surface area contributed by atoms with Gasteiger partial charge in [-0.2, -0.15) is 0 Å². The smallest absolute Gasteiger partial charge is 0.190 e. The largest absolute Gasteiger partial charge is 0.497 e. The molecule has 1 heterocycles. The third-order valence-electron chi connectivity index (χ3n) is 4.61. The summed E-state index contributed by atoms with van der Waals surface area (Å²) < 4.78 is 16.5. The van der Waals surface area contributed by atoms with Gasteiger partial charge < -0.3 is 24.8 Å². The molecule has 0 amide bonds. The molecule has 0 saturated carbocycles. The molecule has 2 aromatic rings. The Morgan fingerprint density at radius 1 is 1.11 bits per heavy atom. The van der Waals surface area contributed by atoms with Crippen LogP contribution in [0.2, 0.25) is 0 Å². The van der Waals surface area contributed by atoms with Gasteiger partial charge in [-0.05, 0) is 42.2 Å². The predicted octanol–water partition coefficient (Wildman–Crippen LogP) is 2.81. The summed E-state index contributed by atoms with van der Waals surface area (Å²) in [6.07, 6.45) is 2.84. The standard InChI is InChI=1S/C22H29N3O3/c1-23-22(24-11-4-13-27-20-6-3-5-19(16-20)26-2)25-12-9-17-7-8-21-18(15-17)10-14-28-21/h3,5-8,15-16H,4,9-14H2,1-2H3,(H2,23,24,25). The molecule has 0 spiro atoms. The molecular formula is C22H29N3O3. The van der Waals surface area contributed by atoms with E-state index in [1.54, 1.807) is 14.2 Å². The highest BCUT2D eigenvalue weighted by molar-refractivity contribution is 5.79. The van der Waals surface area contributed by atoms with Gasteiger partial charge in [0.2, 0.25) is 0 Å². The van der Waals surface area contributed by atoms with Crippen molar-refractivity contribution < 1.29 is 14.2 Å². The summed E-state index contributed by atoms with van der Waals surface area (Å²) in [5.41, 5.74) is 2.63. The van der Waals surface area contributed by atoms with Crippen molar-refractivity contribution in [2.24, 2.45) is 4.99 Å². The lowest BCUT2D eigenvalue weighted by Gasteiger charge is -2.13. The number of rotatable bonds is 9. The lowest BCUT2D eigenvalue weighted by molar-refractivity contribution is 0.308. The molecule has 0 radical (unpaired) electrons. The zero-order chi connectivity index (χ0) is 19.6. The zero-order valence-corrected chi connectivity index (χ0v) is 16.7. The van der Waals surface area contributed by atoms with Crippen LogP contribution in [0.4, 0.5) is 0 Å². The highest BCUT2D eigenvalue weighted by Crippen LogP contribution is 2.25. The number of hydrogen-bond donors (Lipinski definition) is 2. The van der Waals surface area contributed by atoms with Crippen LogP contribution in [0.25, 0.3) is 0 Å². The maximum Gasteiger partial charge on any atom is 0.190 e. The van der Waals surface area contributed by atoms with Crippen LogP contribution in [0.15, 0.2) is 47.5 Å². The highest BCUT2D eigenvalue weighted by Gasteiger charge is 2.11. The second-order valence-electron chi connectivity index (χ2n) is 6.60. The third-order valence-corrected chi connectivity index (χ3v) is 4.61. The quantitative estimate of drug-likeness (QED) is 0.396. The number of methoxy groups -OCH3 is 1. The Morgan fingerprint density at radius 3 is 2.82 bits per heavy atom. The van der Waals surface area contributed by atoms with Crippen molar-refractivity contribution in [3.05, 3.63) is 53.6 Å². The van der Waals surface area contributed by atoms with Crippen molar-refractivity contribution in [1.29, 1.82) is 0 Å². The number of hydrogen-bond acceptors (Lipinski definition) is 4. The predicted molar refractivity (Wildman–Crippen MR) is 112 cm³/mol. The van der Waals surface area contributed by atoms with Crippen LogP contribution in [0.1, 0.15) is 17.5 Å². The van der Waals surface area contributed by atoms with Crippen molar-refractivity contribution >= 4 is 5.96 Å². The molecule has 0 aliphatic carbocycles. The summed E-state index contributed by atoms with van der Waals surface area (Å²) in [5.74, 6) is 3.47. The van der Waals surface area contributed by atoms with E-state index >= 15 is 0 Å². The summed E-state index contributed by atoms with van der Waals surface area (Å²) in [6.45, 7) is 3.06. The number of nitrogens with one attached hydrogen (secondary N) is 2. The minimum atomic E-state index is 0.633. The van der Waals surface area contributed by atoms with Crippen molar-refractivity contribution in [3.8, 4) is 17.2 Å². The molecule has 28 heavy (non-hydrogen) atoms. The van der Waals surface area contributed by atoms with Gasteiger partial charge in [-0.3, -0.25) is 4.99 Å². The lowest BCUT2D eigenvalue weighted by atomic mass is 10.1. The lowest BCUT2D eigenvalue weighted by Crippen LogP contribution is -2.39. The second kappa shape index (κ2) is 10.4. The molecule has 0 atom stereocenters. The van der Waals surface area contributed by atoms with Gasteiger partial charge in [0.15, 0.2) is 5.96 Å². The molecule has 6 heteroatoms. The number of aliphatic imine (C=N–C) groups is 1. The van der Waals surface area contributed by atoms with E-state index in [9.17, 15) is 0 Å². The Kier molecular flexibility index (Phi) is 7.41. The van der Waals surface area contributed by atoms with E-state index < -0.39 is 0 Å². The first-order valence-electron chi connectivity index (χ1n) is 9.74. The average molecular weight is 383 g/mol. The molecule has 0 aromatic heterocycles. The van der Waals surface area contributed by atoms with Crippen molar-refractivity contribution in [2.75, 3.05) is 40.5 Å². The number of ether oxygens (including phenoxy) is 3. The fourth-order valence-corrected chi connectivity index (χ4v) is 3.10. The molecule has 6 nitrogen and oxygen atoms in total. The van der Waals surface area contributed by atoms with Crippen molar-refractivity contribution in [3.63, 3.8) is 0 Å². The Morgan fingerprint density at radius 2 is 1.96 bits per heavy atom. The molecule has 1 aliphatic rings. The van der Waals surface area contributed by atoms with E-state index in [0.717, 1.165) is 62.2 Å². The Bertz CT molecular complexity index is 792. The third kappa shape index (κ3) is 5.81. The van der Waals surface area contributed by atoms with Crippen LogP contribution in [0.5, 0.6) is 17.2 Å². The van der Waals surface area contributed by atoms with E-state index in [1.165, 1.54) is 11.1 Å². The first-order chi connectivity index (χ1) is 13.8. The van der Waals surface area contributed by atoms with Gasteiger partial charge in [-0.1, -0.05) is 18.2 Å². The summed E-state index contributed by atoms with van der Waals surface area (Å²) in [5, 5.41) is 6.68. The van der Waals surface area contributed by atoms with Crippen LogP contribution >= 0.6 is 0 Å². The summed E-state index contributed by atoms with van der Waals surface area (Å²) >= 11 is 0. The van der Waals surface area contributed by atoms with E-state index in [2.05, 4.69) is 33.8 Å². The summed E-state index contributed by atoms with van der Waals surface area (Å²) in [6, 6.07) is 14.1. The van der Waals surface area contributed by atoms with E-state index in [0.29, 0.717) is 6.61 Å². The fraction of sp³-hybridized carbons (Fsp3) is 0.409. The number of guanidine groups is 1. The van der Waals surface area contributed by atoms with Crippen LogP contribution < -0.4 is 24.8 Å². The van der Waals surface area contributed by atoms with E-state index in [1.807, 2.05) is 24.3 Å². The first kappa shape index (κ1) is 19.9. The summed E-state index contributed by atoms with van der Waals surface area (Å²) in [4.78, 5) is 4.27. The van der Waals surface area contributed by atoms with Gasteiger partial charge in [0.1, 0.15) is 17.2 Å². The highest BCUT2D eigenvalue weighted by atomic mass is 16.5. The minimum Gasteiger partial charge on any atom is -0.497 e. The van der Waals surface area contributed by atoms with Crippen molar-refractivity contribution in [2.45, 2.75) is 19.3 Å². The Hall–Kier alpha value is -2.89. The van der Waals surface area contributed by atoms with Crippen LogP contribution in [0.3, 0.4) is 0 Å². The maximum atomic E-state index is 5.75. The summed E-state index contributed by atoms with van der Waals surface area (Å²) in [7, 11) is 3.44. The zero-order valence-electron chi connectivity index (χ0n) is 16.7. The molecule has 1 aliphatic heterocycles. The molecule has 0 saturated heterocycles.